The number of rotatable bonds is 7. The molecule has 214 valence electrons. The minimum Gasteiger partial charge on any atom is -0.453 e. The molecule has 2 aromatic rings. The molecule has 1 aromatic heterocycles. The molecule has 2 aliphatic heterocycles. The summed E-state index contributed by atoms with van der Waals surface area (Å²) in [7, 11) is 3.38. The van der Waals surface area contributed by atoms with Gasteiger partial charge in [-0.2, -0.15) is 0 Å². The Labute approximate surface area is 233 Å². The number of aryl methyl sites for hydroxylation is 1. The van der Waals surface area contributed by atoms with Gasteiger partial charge in [-0.3, -0.25) is 0 Å². The highest BCUT2D eigenvalue weighted by atomic mass is 16.6. The zero-order chi connectivity index (χ0) is 28.7. The Balaban J connectivity index is 0.000000239. The number of benzene rings is 1. The third-order valence-corrected chi connectivity index (χ3v) is 7.09. The molecule has 2 unspecified atom stereocenters. The third-order valence-electron chi connectivity index (χ3n) is 7.09. The van der Waals surface area contributed by atoms with Crippen LogP contribution in [-0.4, -0.2) is 63.4 Å². The number of nitrogens with one attached hydrogen (secondary N) is 1. The highest BCUT2D eigenvalue weighted by Crippen LogP contribution is 2.35. The number of hydrogen-bond donors (Lipinski definition) is 1. The summed E-state index contributed by atoms with van der Waals surface area (Å²) in [6.07, 6.45) is 3.34. The maximum Gasteiger partial charge on any atom is 0.409 e. The lowest BCUT2D eigenvalue weighted by Gasteiger charge is -2.25. The van der Waals surface area contributed by atoms with Gasteiger partial charge in [-0.25, -0.2) is 14.6 Å². The fraction of sp³-hybridized carbons (Fsp3) is 0.567. The summed E-state index contributed by atoms with van der Waals surface area (Å²) < 4.78 is 12.2. The molecule has 0 saturated carbocycles. The first-order chi connectivity index (χ1) is 18.4. The molecule has 0 radical (unpaired) electrons. The van der Waals surface area contributed by atoms with Crippen LogP contribution in [0.5, 0.6) is 0 Å². The van der Waals surface area contributed by atoms with E-state index in [-0.39, 0.29) is 18.2 Å². The van der Waals surface area contributed by atoms with E-state index in [2.05, 4.69) is 28.7 Å². The number of imidazole rings is 1. The van der Waals surface area contributed by atoms with Crippen molar-refractivity contribution < 1.29 is 19.1 Å². The minimum atomic E-state index is -0.494. The summed E-state index contributed by atoms with van der Waals surface area (Å²) >= 11 is 0. The van der Waals surface area contributed by atoms with Crippen molar-refractivity contribution in [1.29, 1.82) is 0 Å². The average molecular weight is 540 g/mol. The Morgan fingerprint density at radius 1 is 1.23 bits per heavy atom. The summed E-state index contributed by atoms with van der Waals surface area (Å²) in [5, 5.41) is 3.02. The molecule has 0 spiro atoms. The van der Waals surface area contributed by atoms with Crippen LogP contribution < -0.4 is 5.32 Å². The first-order valence-electron chi connectivity index (χ1n) is 13.8. The summed E-state index contributed by atoms with van der Waals surface area (Å²) in [5.74, 6) is 0.992. The van der Waals surface area contributed by atoms with Gasteiger partial charge in [0.2, 0.25) is 0 Å². The molecule has 0 aliphatic carbocycles. The molecule has 1 fully saturated rings. The van der Waals surface area contributed by atoms with Gasteiger partial charge in [0.15, 0.2) is 0 Å². The fourth-order valence-electron chi connectivity index (χ4n) is 4.86. The quantitative estimate of drug-likeness (QED) is 0.468. The van der Waals surface area contributed by atoms with Crippen LogP contribution >= 0.6 is 0 Å². The average Bonchev–Trinajstić information content (AvgIpc) is 3.41. The smallest absolute Gasteiger partial charge is 0.409 e. The van der Waals surface area contributed by atoms with Gasteiger partial charge in [-0.1, -0.05) is 50.3 Å². The molecule has 9 heteroatoms. The van der Waals surface area contributed by atoms with Gasteiger partial charge in [-0.05, 0) is 46.1 Å². The van der Waals surface area contributed by atoms with Gasteiger partial charge in [0, 0.05) is 32.3 Å². The predicted octanol–water partition coefficient (Wildman–Crippen LogP) is 5.49. The molecule has 2 amide bonds. The lowest BCUT2D eigenvalue weighted by atomic mass is 10.0. The summed E-state index contributed by atoms with van der Waals surface area (Å²) in [6.45, 7) is 16.1. The SMILES string of the molecule is C=C1C(CCC)N1CCC(NC(=O)OC(C)(C)C)c1ccccc1.COC(=O)N1CCc2nc(C)n(C)c2C1. The minimum absolute atomic E-state index is 0.0586. The number of hydrogen-bond acceptors (Lipinski definition) is 6. The van der Waals surface area contributed by atoms with Crippen molar-refractivity contribution in [3.05, 3.63) is 65.4 Å². The number of aromatic nitrogens is 2. The Morgan fingerprint density at radius 2 is 1.92 bits per heavy atom. The fourth-order valence-corrected chi connectivity index (χ4v) is 4.86. The van der Waals surface area contributed by atoms with Gasteiger partial charge < -0.3 is 29.2 Å². The Bertz CT molecular complexity index is 1140. The number of alkyl carbamates (subject to hydrolysis) is 1. The van der Waals surface area contributed by atoms with E-state index < -0.39 is 5.60 Å². The van der Waals surface area contributed by atoms with E-state index in [1.54, 1.807) is 4.90 Å². The molecule has 3 heterocycles. The lowest BCUT2D eigenvalue weighted by molar-refractivity contribution is 0.0500. The van der Waals surface area contributed by atoms with Crippen molar-refractivity contribution in [2.75, 3.05) is 20.2 Å². The van der Waals surface area contributed by atoms with E-state index in [0.29, 0.717) is 19.1 Å². The van der Waals surface area contributed by atoms with Crippen LogP contribution in [0.1, 0.15) is 75.8 Å². The Morgan fingerprint density at radius 3 is 2.54 bits per heavy atom. The highest BCUT2D eigenvalue weighted by Gasteiger charge is 2.37. The van der Waals surface area contributed by atoms with Gasteiger partial charge in [0.1, 0.15) is 11.4 Å². The lowest BCUT2D eigenvalue weighted by Crippen LogP contribution is -2.36. The molecule has 1 saturated heterocycles. The number of amides is 2. The van der Waals surface area contributed by atoms with Gasteiger partial charge >= 0.3 is 12.2 Å². The van der Waals surface area contributed by atoms with Gasteiger partial charge in [-0.15, -0.1) is 0 Å². The van der Waals surface area contributed by atoms with Crippen LogP contribution in [0.25, 0.3) is 0 Å². The van der Waals surface area contributed by atoms with E-state index in [9.17, 15) is 9.59 Å². The maximum absolute atomic E-state index is 12.2. The monoisotopic (exact) mass is 539 g/mol. The Hall–Kier alpha value is -3.49. The third kappa shape index (κ3) is 8.25. The molecule has 0 bridgehead atoms. The van der Waals surface area contributed by atoms with Crippen molar-refractivity contribution in [2.45, 2.75) is 84.5 Å². The zero-order valence-electron chi connectivity index (χ0n) is 24.6. The number of carbonyl (C=O) groups excluding carboxylic acids is 2. The summed E-state index contributed by atoms with van der Waals surface area (Å²) in [4.78, 5) is 32.0. The molecule has 9 nitrogen and oxygen atoms in total. The zero-order valence-corrected chi connectivity index (χ0v) is 24.6. The molecular formula is C30H45N5O4. The first kappa shape index (κ1) is 30.1. The number of methoxy groups -OCH3 is 1. The van der Waals surface area contributed by atoms with Crippen molar-refractivity contribution >= 4 is 12.2 Å². The van der Waals surface area contributed by atoms with E-state index in [4.69, 9.17) is 9.47 Å². The van der Waals surface area contributed by atoms with Crippen LogP contribution in [0, 0.1) is 6.92 Å². The van der Waals surface area contributed by atoms with E-state index in [0.717, 1.165) is 48.6 Å². The number of carbonyl (C=O) groups is 2. The molecule has 1 N–H and O–H groups in total. The number of ether oxygens (including phenoxy) is 2. The molecule has 2 atom stereocenters. The molecule has 4 rings (SSSR count). The molecular weight excluding hydrogens is 494 g/mol. The second-order valence-electron chi connectivity index (χ2n) is 11.1. The highest BCUT2D eigenvalue weighted by molar-refractivity contribution is 5.68. The van der Waals surface area contributed by atoms with Crippen molar-refractivity contribution in [1.82, 2.24) is 24.7 Å². The van der Waals surface area contributed by atoms with E-state index in [1.165, 1.54) is 19.2 Å². The topological polar surface area (TPSA) is 88.7 Å². The van der Waals surface area contributed by atoms with Crippen LogP contribution in [0.3, 0.4) is 0 Å². The van der Waals surface area contributed by atoms with Crippen molar-refractivity contribution in [2.24, 2.45) is 7.05 Å². The van der Waals surface area contributed by atoms with Crippen LogP contribution in [0.2, 0.25) is 0 Å². The second-order valence-corrected chi connectivity index (χ2v) is 11.1. The predicted molar refractivity (Wildman–Crippen MR) is 152 cm³/mol. The Kier molecular flexibility index (Phi) is 10.1. The van der Waals surface area contributed by atoms with E-state index in [1.807, 2.05) is 69.6 Å². The van der Waals surface area contributed by atoms with Crippen LogP contribution in [-0.2, 0) is 29.5 Å². The van der Waals surface area contributed by atoms with E-state index >= 15 is 0 Å². The van der Waals surface area contributed by atoms with Gasteiger partial charge in [0.25, 0.3) is 0 Å². The largest absolute Gasteiger partial charge is 0.453 e. The summed E-state index contributed by atoms with van der Waals surface area (Å²) in [5.41, 5.74) is 4.05. The first-order valence-corrected chi connectivity index (χ1v) is 13.8. The number of nitrogens with zero attached hydrogens (tertiary/aromatic N) is 4. The second kappa shape index (κ2) is 13.0. The van der Waals surface area contributed by atoms with Crippen molar-refractivity contribution in [3.63, 3.8) is 0 Å². The van der Waals surface area contributed by atoms with Crippen LogP contribution in [0.15, 0.2) is 42.6 Å². The normalized spacial score (nSPS) is 17.0. The standard InChI is InChI=1S/C20H30N2O2.C10H15N3O2/c1-6-10-18-15(2)22(18)14-13-17(16-11-8-7-9-12-16)21-19(23)24-20(3,4)5;1-7-11-8-4-5-13(10(14)15-3)6-9(8)12(7)2/h7-9,11-12,17-18H,2,6,10,13-14H2,1,3-5H3,(H,21,23);4-6H2,1-3H3. The van der Waals surface area contributed by atoms with Crippen molar-refractivity contribution in [3.8, 4) is 0 Å². The van der Waals surface area contributed by atoms with Gasteiger partial charge in [0.05, 0.1) is 37.1 Å². The van der Waals surface area contributed by atoms with Crippen LogP contribution in [0.4, 0.5) is 9.59 Å². The summed E-state index contributed by atoms with van der Waals surface area (Å²) in [6, 6.07) is 10.5. The molecule has 2 aliphatic rings. The number of fused-ring (bicyclic) bond motifs is 1. The maximum atomic E-state index is 12.2. The molecule has 39 heavy (non-hydrogen) atoms. The molecule has 1 aromatic carbocycles.